The van der Waals surface area contributed by atoms with Gasteiger partial charge in [0.1, 0.15) is 6.29 Å². The number of allylic oxidation sites excluding steroid dienone is 1. The normalized spacial score (nSPS) is 10.5. The Bertz CT molecular complexity index is 252. The standard InChI is InChI=1S/C7H7NOS/c1-6-5-7(8-10-6)3-2-4-9/h2-5H,1H3. The van der Waals surface area contributed by atoms with Crippen molar-refractivity contribution in [2.24, 2.45) is 0 Å². The molecular weight excluding hydrogens is 146 g/mol. The van der Waals surface area contributed by atoms with Gasteiger partial charge in [0.25, 0.3) is 0 Å². The summed E-state index contributed by atoms with van der Waals surface area (Å²) in [5, 5.41) is 0. The lowest BCUT2D eigenvalue weighted by Gasteiger charge is -1.74. The Kier molecular flexibility index (Phi) is 2.34. The first-order valence-corrected chi connectivity index (χ1v) is 3.65. The SMILES string of the molecule is Cc1cc(C=CC=O)ns1. The van der Waals surface area contributed by atoms with Gasteiger partial charge in [-0.15, -0.1) is 0 Å². The second-order valence-electron chi connectivity index (χ2n) is 1.86. The van der Waals surface area contributed by atoms with Crippen molar-refractivity contribution in [3.8, 4) is 0 Å². The molecule has 0 unspecified atom stereocenters. The van der Waals surface area contributed by atoms with Gasteiger partial charge in [0.2, 0.25) is 0 Å². The second-order valence-corrected chi connectivity index (χ2v) is 2.87. The van der Waals surface area contributed by atoms with Crippen molar-refractivity contribution >= 4 is 23.9 Å². The van der Waals surface area contributed by atoms with Gasteiger partial charge in [0, 0.05) is 4.88 Å². The molecule has 0 bridgehead atoms. The van der Waals surface area contributed by atoms with E-state index in [9.17, 15) is 4.79 Å². The molecule has 52 valence electrons. The van der Waals surface area contributed by atoms with Crippen molar-refractivity contribution < 1.29 is 4.79 Å². The lowest BCUT2D eigenvalue weighted by atomic mass is 10.3. The Morgan fingerprint density at radius 2 is 2.50 bits per heavy atom. The van der Waals surface area contributed by atoms with Crippen molar-refractivity contribution in [3.63, 3.8) is 0 Å². The predicted octanol–water partition coefficient (Wildman–Crippen LogP) is 1.66. The van der Waals surface area contributed by atoms with Gasteiger partial charge in [-0.3, -0.25) is 4.79 Å². The van der Waals surface area contributed by atoms with E-state index in [1.807, 2.05) is 13.0 Å². The van der Waals surface area contributed by atoms with Gasteiger partial charge < -0.3 is 0 Å². The molecule has 0 radical (unpaired) electrons. The van der Waals surface area contributed by atoms with Gasteiger partial charge in [-0.1, -0.05) is 0 Å². The highest BCUT2D eigenvalue weighted by Crippen LogP contribution is 2.08. The number of hydrogen-bond donors (Lipinski definition) is 0. The average Bonchev–Trinajstić information content (AvgIpc) is 2.31. The van der Waals surface area contributed by atoms with Gasteiger partial charge in [-0.05, 0) is 36.7 Å². The zero-order valence-corrected chi connectivity index (χ0v) is 6.39. The highest BCUT2D eigenvalue weighted by Gasteiger charge is 1.90. The van der Waals surface area contributed by atoms with Gasteiger partial charge in [0.15, 0.2) is 0 Å². The Labute approximate surface area is 63.4 Å². The summed E-state index contributed by atoms with van der Waals surface area (Å²) in [6, 6.07) is 1.94. The zero-order valence-electron chi connectivity index (χ0n) is 5.57. The summed E-state index contributed by atoms with van der Waals surface area (Å²) in [5.41, 5.74) is 0.856. The number of nitrogens with zero attached hydrogens (tertiary/aromatic N) is 1. The fourth-order valence-electron chi connectivity index (χ4n) is 0.602. The van der Waals surface area contributed by atoms with Crippen molar-refractivity contribution in [1.29, 1.82) is 0 Å². The van der Waals surface area contributed by atoms with Crippen molar-refractivity contribution in [2.45, 2.75) is 6.92 Å². The molecule has 1 aromatic heterocycles. The number of rotatable bonds is 2. The predicted molar refractivity (Wildman–Crippen MR) is 41.9 cm³/mol. The summed E-state index contributed by atoms with van der Waals surface area (Å²) in [6.07, 6.45) is 3.87. The molecular formula is C7H7NOS. The van der Waals surface area contributed by atoms with Gasteiger partial charge in [0.05, 0.1) is 5.69 Å². The van der Waals surface area contributed by atoms with Crippen LogP contribution in [0, 0.1) is 6.92 Å². The van der Waals surface area contributed by atoms with E-state index in [0.717, 1.165) is 16.9 Å². The molecule has 0 aliphatic carbocycles. The molecule has 0 N–H and O–H groups in total. The highest BCUT2D eigenvalue weighted by molar-refractivity contribution is 7.05. The van der Waals surface area contributed by atoms with E-state index in [0.29, 0.717) is 0 Å². The number of aromatic nitrogens is 1. The third-order valence-corrected chi connectivity index (χ3v) is 1.70. The summed E-state index contributed by atoms with van der Waals surface area (Å²) in [5.74, 6) is 0. The van der Waals surface area contributed by atoms with E-state index >= 15 is 0 Å². The van der Waals surface area contributed by atoms with E-state index in [-0.39, 0.29) is 0 Å². The fourth-order valence-corrected chi connectivity index (χ4v) is 1.14. The minimum atomic E-state index is 0.745. The Morgan fingerprint density at radius 3 is 3.00 bits per heavy atom. The third-order valence-electron chi connectivity index (χ3n) is 0.992. The molecule has 0 aromatic carbocycles. The van der Waals surface area contributed by atoms with E-state index in [4.69, 9.17) is 0 Å². The van der Waals surface area contributed by atoms with Gasteiger partial charge in [-0.2, -0.15) is 4.37 Å². The van der Waals surface area contributed by atoms with E-state index in [2.05, 4.69) is 4.37 Å². The molecule has 1 aromatic rings. The van der Waals surface area contributed by atoms with Crippen LogP contribution < -0.4 is 0 Å². The van der Waals surface area contributed by atoms with Crippen LogP contribution in [0.3, 0.4) is 0 Å². The Hall–Kier alpha value is -0.960. The summed E-state index contributed by atoms with van der Waals surface area (Å²) < 4.78 is 4.05. The fraction of sp³-hybridized carbons (Fsp3) is 0.143. The number of hydrogen-bond acceptors (Lipinski definition) is 3. The Balaban J connectivity index is 2.75. The zero-order chi connectivity index (χ0) is 7.40. The molecule has 1 rings (SSSR count). The van der Waals surface area contributed by atoms with Crippen LogP contribution in [-0.2, 0) is 4.79 Å². The summed E-state index contributed by atoms with van der Waals surface area (Å²) in [7, 11) is 0. The lowest BCUT2D eigenvalue weighted by Crippen LogP contribution is -1.66. The van der Waals surface area contributed by atoms with Crippen molar-refractivity contribution in [3.05, 3.63) is 22.7 Å². The van der Waals surface area contributed by atoms with Crippen LogP contribution in [0.4, 0.5) is 0 Å². The molecule has 0 fully saturated rings. The molecule has 0 amide bonds. The van der Waals surface area contributed by atoms with Crippen molar-refractivity contribution in [1.82, 2.24) is 4.37 Å². The summed E-state index contributed by atoms with van der Waals surface area (Å²) in [4.78, 5) is 11.0. The number of carbonyl (C=O) groups excluding carboxylic acids is 1. The lowest BCUT2D eigenvalue weighted by molar-refractivity contribution is -0.104. The third kappa shape index (κ3) is 1.77. The van der Waals surface area contributed by atoms with Crippen LogP contribution in [0.15, 0.2) is 12.1 Å². The number of aldehydes is 1. The average molecular weight is 153 g/mol. The minimum Gasteiger partial charge on any atom is -0.299 e. The quantitative estimate of drug-likeness (QED) is 0.477. The van der Waals surface area contributed by atoms with E-state index < -0.39 is 0 Å². The molecule has 0 aliphatic rings. The molecule has 0 spiro atoms. The molecule has 0 saturated carbocycles. The highest BCUT2D eigenvalue weighted by atomic mass is 32.1. The smallest absolute Gasteiger partial charge is 0.142 e. The maximum Gasteiger partial charge on any atom is 0.142 e. The van der Waals surface area contributed by atoms with Crippen LogP contribution in [0.2, 0.25) is 0 Å². The first-order chi connectivity index (χ1) is 4.83. The first kappa shape index (κ1) is 7.15. The monoisotopic (exact) mass is 153 g/mol. The van der Waals surface area contributed by atoms with Crippen LogP contribution in [-0.4, -0.2) is 10.7 Å². The largest absolute Gasteiger partial charge is 0.299 e. The minimum absolute atomic E-state index is 0.745. The van der Waals surface area contributed by atoms with E-state index in [1.54, 1.807) is 6.08 Å². The van der Waals surface area contributed by atoms with Gasteiger partial charge in [-0.25, -0.2) is 0 Å². The molecule has 10 heavy (non-hydrogen) atoms. The molecule has 3 heteroatoms. The molecule has 2 nitrogen and oxygen atoms in total. The summed E-state index contributed by atoms with van der Waals surface area (Å²) in [6.45, 7) is 1.98. The first-order valence-electron chi connectivity index (χ1n) is 2.88. The maximum atomic E-state index is 9.87. The molecule has 0 aliphatic heterocycles. The number of aryl methyl sites for hydroxylation is 1. The van der Waals surface area contributed by atoms with E-state index in [1.165, 1.54) is 17.6 Å². The summed E-state index contributed by atoms with van der Waals surface area (Å²) >= 11 is 1.44. The second kappa shape index (κ2) is 3.27. The van der Waals surface area contributed by atoms with Crippen LogP contribution in [0.25, 0.3) is 6.08 Å². The topological polar surface area (TPSA) is 30.0 Å². The van der Waals surface area contributed by atoms with Crippen LogP contribution in [0.1, 0.15) is 10.6 Å². The molecule has 1 heterocycles. The Morgan fingerprint density at radius 1 is 1.70 bits per heavy atom. The van der Waals surface area contributed by atoms with Crippen LogP contribution in [0.5, 0.6) is 0 Å². The van der Waals surface area contributed by atoms with Crippen LogP contribution >= 0.6 is 11.5 Å². The maximum absolute atomic E-state index is 9.87. The number of carbonyl (C=O) groups is 1. The van der Waals surface area contributed by atoms with Crippen molar-refractivity contribution in [2.75, 3.05) is 0 Å². The molecule has 0 saturated heterocycles. The van der Waals surface area contributed by atoms with Gasteiger partial charge >= 0.3 is 0 Å². The molecule has 0 atom stereocenters.